The van der Waals surface area contributed by atoms with Gasteiger partial charge in [-0.15, -0.1) is 11.3 Å². The van der Waals surface area contributed by atoms with Crippen molar-refractivity contribution in [3.8, 4) is 5.75 Å². The van der Waals surface area contributed by atoms with Crippen LogP contribution in [0.2, 0.25) is 0 Å². The lowest BCUT2D eigenvalue weighted by Crippen LogP contribution is -2.11. The van der Waals surface area contributed by atoms with Crippen LogP contribution in [0.15, 0.2) is 41.8 Å². The van der Waals surface area contributed by atoms with E-state index in [9.17, 15) is 0 Å². The van der Waals surface area contributed by atoms with Gasteiger partial charge >= 0.3 is 0 Å². The van der Waals surface area contributed by atoms with E-state index in [1.807, 2.05) is 18.2 Å². The molecule has 1 N–H and O–H groups in total. The van der Waals surface area contributed by atoms with Crippen LogP contribution in [0.1, 0.15) is 17.4 Å². The Bertz CT molecular complexity index is 422. The molecule has 0 amide bonds. The number of ether oxygens (including phenoxy) is 1. The molecule has 0 atom stereocenters. The van der Waals surface area contributed by atoms with Gasteiger partial charge in [0, 0.05) is 11.4 Å². The van der Waals surface area contributed by atoms with Crippen LogP contribution in [-0.2, 0) is 13.2 Å². The van der Waals surface area contributed by atoms with Gasteiger partial charge in [-0.05, 0) is 35.7 Å². The molecule has 0 saturated heterocycles. The molecule has 90 valence electrons. The van der Waals surface area contributed by atoms with Crippen molar-refractivity contribution in [2.75, 3.05) is 6.54 Å². The highest BCUT2D eigenvalue weighted by Gasteiger charge is 1.97. The van der Waals surface area contributed by atoms with Crippen molar-refractivity contribution in [3.63, 3.8) is 0 Å². The minimum absolute atomic E-state index is 0.657. The highest BCUT2D eigenvalue weighted by molar-refractivity contribution is 7.09. The molecular formula is C14H17NOS. The number of rotatable bonds is 6. The van der Waals surface area contributed by atoms with E-state index in [2.05, 4.69) is 35.8 Å². The van der Waals surface area contributed by atoms with Gasteiger partial charge in [-0.25, -0.2) is 0 Å². The van der Waals surface area contributed by atoms with E-state index in [0.29, 0.717) is 6.61 Å². The van der Waals surface area contributed by atoms with Crippen LogP contribution in [0, 0.1) is 0 Å². The summed E-state index contributed by atoms with van der Waals surface area (Å²) in [5, 5.41) is 5.37. The van der Waals surface area contributed by atoms with Gasteiger partial charge in [0.05, 0.1) is 0 Å². The summed E-state index contributed by atoms with van der Waals surface area (Å²) in [6.45, 7) is 4.68. The summed E-state index contributed by atoms with van der Waals surface area (Å²) < 4.78 is 5.70. The maximum atomic E-state index is 5.70. The molecule has 0 aliphatic heterocycles. The molecule has 17 heavy (non-hydrogen) atoms. The fourth-order valence-corrected chi connectivity index (χ4v) is 2.14. The third kappa shape index (κ3) is 3.88. The predicted molar refractivity (Wildman–Crippen MR) is 72.5 cm³/mol. The molecule has 1 aromatic carbocycles. The summed E-state index contributed by atoms with van der Waals surface area (Å²) in [6, 6.07) is 12.4. The Hall–Kier alpha value is -1.32. The average Bonchev–Trinajstić information content (AvgIpc) is 2.88. The summed E-state index contributed by atoms with van der Waals surface area (Å²) in [4.78, 5) is 1.25. The van der Waals surface area contributed by atoms with E-state index in [4.69, 9.17) is 4.74 Å². The number of hydrogen-bond acceptors (Lipinski definition) is 3. The van der Waals surface area contributed by atoms with Gasteiger partial charge in [0.15, 0.2) is 0 Å². The van der Waals surface area contributed by atoms with Crippen molar-refractivity contribution in [2.24, 2.45) is 0 Å². The quantitative estimate of drug-likeness (QED) is 0.844. The summed E-state index contributed by atoms with van der Waals surface area (Å²) in [7, 11) is 0. The van der Waals surface area contributed by atoms with Crippen molar-refractivity contribution in [1.29, 1.82) is 0 Å². The number of nitrogens with one attached hydrogen (secondary N) is 1. The average molecular weight is 247 g/mol. The van der Waals surface area contributed by atoms with E-state index in [1.54, 1.807) is 11.3 Å². The zero-order valence-electron chi connectivity index (χ0n) is 9.98. The summed E-state index contributed by atoms with van der Waals surface area (Å²) in [5.74, 6) is 0.929. The lowest BCUT2D eigenvalue weighted by atomic mass is 10.2. The lowest BCUT2D eigenvalue weighted by Gasteiger charge is -2.06. The maximum Gasteiger partial charge on any atom is 0.122 e. The van der Waals surface area contributed by atoms with Crippen molar-refractivity contribution in [3.05, 3.63) is 52.2 Å². The fraction of sp³-hybridized carbons (Fsp3) is 0.286. The van der Waals surface area contributed by atoms with Crippen molar-refractivity contribution in [1.82, 2.24) is 5.32 Å². The van der Waals surface area contributed by atoms with Crippen molar-refractivity contribution >= 4 is 11.3 Å². The molecule has 0 bridgehead atoms. The van der Waals surface area contributed by atoms with Crippen LogP contribution in [0.25, 0.3) is 0 Å². The Labute approximate surface area is 106 Å². The first-order valence-electron chi connectivity index (χ1n) is 5.83. The topological polar surface area (TPSA) is 21.3 Å². The summed E-state index contributed by atoms with van der Waals surface area (Å²) >= 11 is 1.72. The Balaban J connectivity index is 1.85. The van der Waals surface area contributed by atoms with Crippen LogP contribution in [0.5, 0.6) is 5.75 Å². The van der Waals surface area contributed by atoms with Crippen molar-refractivity contribution in [2.45, 2.75) is 20.1 Å². The smallest absolute Gasteiger partial charge is 0.122 e. The van der Waals surface area contributed by atoms with Crippen molar-refractivity contribution < 1.29 is 4.74 Å². The minimum atomic E-state index is 0.657. The van der Waals surface area contributed by atoms with E-state index in [0.717, 1.165) is 18.8 Å². The molecule has 3 heteroatoms. The van der Waals surface area contributed by atoms with Gasteiger partial charge < -0.3 is 10.1 Å². The minimum Gasteiger partial charge on any atom is -0.488 e. The van der Waals surface area contributed by atoms with Gasteiger partial charge in [-0.1, -0.05) is 25.1 Å². The molecule has 0 saturated carbocycles. The zero-order valence-corrected chi connectivity index (χ0v) is 10.8. The molecule has 2 nitrogen and oxygen atoms in total. The highest BCUT2D eigenvalue weighted by atomic mass is 32.1. The second-order valence-corrected chi connectivity index (χ2v) is 4.82. The van der Waals surface area contributed by atoms with Gasteiger partial charge in [-0.2, -0.15) is 0 Å². The van der Waals surface area contributed by atoms with Crippen LogP contribution >= 0.6 is 11.3 Å². The largest absolute Gasteiger partial charge is 0.488 e. The second kappa shape index (κ2) is 6.42. The van der Waals surface area contributed by atoms with Crippen LogP contribution in [-0.4, -0.2) is 6.54 Å². The molecule has 0 aliphatic carbocycles. The zero-order chi connectivity index (χ0) is 11.9. The summed E-state index contributed by atoms with van der Waals surface area (Å²) in [5.41, 5.74) is 1.29. The van der Waals surface area contributed by atoms with Crippen LogP contribution in [0.4, 0.5) is 0 Å². The van der Waals surface area contributed by atoms with Gasteiger partial charge in [0.1, 0.15) is 12.4 Å². The standard InChI is InChI=1S/C14H17NOS/c1-2-15-10-12-5-7-13(8-6-12)16-11-14-4-3-9-17-14/h3-9,15H,2,10-11H2,1H3. The Morgan fingerprint density at radius 1 is 1.18 bits per heavy atom. The molecule has 2 aromatic rings. The monoisotopic (exact) mass is 247 g/mol. The van der Waals surface area contributed by atoms with Crippen LogP contribution < -0.4 is 10.1 Å². The maximum absolute atomic E-state index is 5.70. The SMILES string of the molecule is CCNCc1ccc(OCc2cccs2)cc1. The van der Waals surface area contributed by atoms with Gasteiger partial charge in [-0.3, -0.25) is 0 Å². The van der Waals surface area contributed by atoms with Gasteiger partial charge in [0.2, 0.25) is 0 Å². The molecule has 0 fully saturated rings. The second-order valence-electron chi connectivity index (χ2n) is 3.79. The fourth-order valence-electron chi connectivity index (χ4n) is 1.52. The van der Waals surface area contributed by atoms with E-state index in [-0.39, 0.29) is 0 Å². The molecular weight excluding hydrogens is 230 g/mol. The third-order valence-electron chi connectivity index (χ3n) is 2.46. The number of hydrogen-bond donors (Lipinski definition) is 1. The Morgan fingerprint density at radius 3 is 2.65 bits per heavy atom. The third-order valence-corrected chi connectivity index (χ3v) is 3.31. The molecule has 0 aliphatic rings. The molecule has 0 unspecified atom stereocenters. The predicted octanol–water partition coefficient (Wildman–Crippen LogP) is 3.44. The van der Waals surface area contributed by atoms with Crippen LogP contribution in [0.3, 0.4) is 0 Å². The molecule has 0 spiro atoms. The first-order chi connectivity index (χ1) is 8.38. The summed E-state index contributed by atoms with van der Waals surface area (Å²) in [6.07, 6.45) is 0. The van der Waals surface area contributed by atoms with E-state index < -0.39 is 0 Å². The van der Waals surface area contributed by atoms with E-state index >= 15 is 0 Å². The van der Waals surface area contributed by atoms with Gasteiger partial charge in [0.25, 0.3) is 0 Å². The first kappa shape index (κ1) is 12.1. The lowest BCUT2D eigenvalue weighted by molar-refractivity contribution is 0.309. The number of thiophene rings is 1. The molecule has 0 radical (unpaired) electrons. The first-order valence-corrected chi connectivity index (χ1v) is 6.71. The molecule has 1 heterocycles. The normalized spacial score (nSPS) is 10.4. The van der Waals surface area contributed by atoms with E-state index in [1.165, 1.54) is 10.4 Å². The molecule has 1 aromatic heterocycles. The Kier molecular flexibility index (Phi) is 4.59. The molecule has 2 rings (SSSR count). The number of benzene rings is 1. The Morgan fingerprint density at radius 2 is 2.00 bits per heavy atom. The highest BCUT2D eigenvalue weighted by Crippen LogP contribution is 2.16.